The van der Waals surface area contributed by atoms with E-state index in [0.717, 1.165) is 18.4 Å². The van der Waals surface area contributed by atoms with Gasteiger partial charge in [0.25, 0.3) is 5.91 Å². The van der Waals surface area contributed by atoms with Gasteiger partial charge >= 0.3 is 0 Å². The first-order chi connectivity index (χ1) is 12.2. The van der Waals surface area contributed by atoms with Gasteiger partial charge in [-0.1, -0.05) is 30.7 Å². The Bertz CT molecular complexity index is 853. The second-order valence-corrected chi connectivity index (χ2v) is 6.40. The Morgan fingerprint density at radius 2 is 2.00 bits per heavy atom. The van der Waals surface area contributed by atoms with Crippen LogP contribution in [0.4, 0.5) is 9.52 Å². The summed E-state index contributed by atoms with van der Waals surface area (Å²) in [5.41, 5.74) is 1.20. The van der Waals surface area contributed by atoms with Crippen LogP contribution in [0.5, 0.6) is 0 Å². The highest BCUT2D eigenvalue weighted by molar-refractivity contribution is 7.18. The minimum absolute atomic E-state index is 0.273. The molecule has 0 saturated heterocycles. The fourth-order valence-corrected chi connectivity index (χ4v) is 3.19. The summed E-state index contributed by atoms with van der Waals surface area (Å²) in [6.07, 6.45) is 5.13. The van der Waals surface area contributed by atoms with Crippen LogP contribution in [-0.4, -0.2) is 27.6 Å². The molecule has 0 bridgehead atoms. The predicted octanol–water partition coefficient (Wildman–Crippen LogP) is 4.19. The van der Waals surface area contributed by atoms with E-state index < -0.39 is 5.82 Å². The summed E-state index contributed by atoms with van der Waals surface area (Å²) < 4.78 is 13.5. The van der Waals surface area contributed by atoms with Gasteiger partial charge in [0.2, 0.25) is 5.13 Å². The summed E-state index contributed by atoms with van der Waals surface area (Å²) in [5, 5.41) is 9.58. The van der Waals surface area contributed by atoms with Crippen molar-refractivity contribution in [1.82, 2.24) is 15.2 Å². The Balaban J connectivity index is 1.91. The van der Waals surface area contributed by atoms with Gasteiger partial charge in [0.15, 0.2) is 0 Å². The summed E-state index contributed by atoms with van der Waals surface area (Å²) in [4.78, 5) is 18.4. The maximum absolute atomic E-state index is 13.5. The van der Waals surface area contributed by atoms with E-state index in [2.05, 4.69) is 15.2 Å². The van der Waals surface area contributed by atoms with Crippen LogP contribution >= 0.6 is 11.3 Å². The molecule has 25 heavy (non-hydrogen) atoms. The zero-order valence-electron chi connectivity index (χ0n) is 13.7. The molecule has 2 aromatic heterocycles. The van der Waals surface area contributed by atoms with Crippen LogP contribution in [0.1, 0.15) is 30.1 Å². The van der Waals surface area contributed by atoms with E-state index >= 15 is 0 Å². The van der Waals surface area contributed by atoms with Gasteiger partial charge < -0.3 is 0 Å². The first kappa shape index (κ1) is 17.2. The largest absolute Gasteiger partial charge is 0.283 e. The Kier molecular flexibility index (Phi) is 5.45. The van der Waals surface area contributed by atoms with Crippen LogP contribution in [0.25, 0.3) is 10.6 Å². The van der Waals surface area contributed by atoms with Crippen LogP contribution in [0.15, 0.2) is 48.8 Å². The molecule has 3 rings (SSSR count). The summed E-state index contributed by atoms with van der Waals surface area (Å²) in [7, 11) is 0. The monoisotopic (exact) mass is 356 g/mol. The third-order valence-electron chi connectivity index (χ3n) is 3.62. The molecule has 0 unspecified atom stereocenters. The maximum Gasteiger partial charge on any atom is 0.260 e. The molecule has 3 aromatic rings. The number of anilines is 1. The van der Waals surface area contributed by atoms with Gasteiger partial charge in [0, 0.05) is 30.1 Å². The van der Waals surface area contributed by atoms with Crippen LogP contribution in [0.2, 0.25) is 0 Å². The lowest BCUT2D eigenvalue weighted by atomic mass is 10.2. The Morgan fingerprint density at radius 1 is 1.20 bits per heavy atom. The van der Waals surface area contributed by atoms with Crippen molar-refractivity contribution in [3.05, 3.63) is 60.2 Å². The summed E-state index contributed by atoms with van der Waals surface area (Å²) in [6, 6.07) is 9.38. The van der Waals surface area contributed by atoms with Gasteiger partial charge in [-0.3, -0.25) is 14.7 Å². The molecule has 0 radical (unpaired) electrons. The summed E-state index contributed by atoms with van der Waals surface area (Å²) in [6.45, 7) is 2.56. The number of pyridine rings is 1. The summed E-state index contributed by atoms with van der Waals surface area (Å²) >= 11 is 1.33. The minimum atomic E-state index is -0.434. The van der Waals surface area contributed by atoms with Gasteiger partial charge in [-0.15, -0.1) is 10.2 Å². The molecule has 0 aliphatic rings. The quantitative estimate of drug-likeness (QED) is 0.665. The number of aromatic nitrogens is 3. The van der Waals surface area contributed by atoms with Crippen molar-refractivity contribution in [3.63, 3.8) is 0 Å². The SMILES string of the molecule is CCCCN(C(=O)c1cccc(F)c1)c1nnc(-c2ccncc2)s1. The lowest BCUT2D eigenvalue weighted by Gasteiger charge is -2.19. The number of nitrogens with zero attached hydrogens (tertiary/aromatic N) is 4. The second kappa shape index (κ2) is 7.94. The second-order valence-electron chi connectivity index (χ2n) is 5.45. The fourth-order valence-electron chi connectivity index (χ4n) is 2.31. The normalized spacial score (nSPS) is 10.6. The summed E-state index contributed by atoms with van der Waals surface area (Å²) in [5.74, 6) is -0.707. The van der Waals surface area contributed by atoms with Crippen molar-refractivity contribution in [2.75, 3.05) is 11.4 Å². The van der Waals surface area contributed by atoms with E-state index in [-0.39, 0.29) is 5.91 Å². The van der Waals surface area contributed by atoms with Gasteiger partial charge in [-0.2, -0.15) is 0 Å². The number of hydrogen-bond acceptors (Lipinski definition) is 5. The first-order valence-electron chi connectivity index (χ1n) is 8.00. The van der Waals surface area contributed by atoms with Gasteiger partial charge in [-0.25, -0.2) is 4.39 Å². The van der Waals surface area contributed by atoms with Crippen LogP contribution < -0.4 is 4.90 Å². The van der Waals surface area contributed by atoms with Crippen molar-refractivity contribution >= 4 is 22.4 Å². The van der Waals surface area contributed by atoms with Crippen LogP contribution in [-0.2, 0) is 0 Å². The Labute approximate surface area is 149 Å². The number of amides is 1. The standard InChI is InChI=1S/C18H17FN4OS/c1-2-3-11-23(17(24)14-5-4-6-15(19)12-14)18-22-21-16(25-18)13-7-9-20-10-8-13/h4-10,12H,2-3,11H2,1H3. The third kappa shape index (κ3) is 4.06. The lowest BCUT2D eigenvalue weighted by Crippen LogP contribution is -2.32. The van der Waals surface area contributed by atoms with E-state index in [4.69, 9.17) is 0 Å². The highest BCUT2D eigenvalue weighted by Crippen LogP contribution is 2.29. The fraction of sp³-hybridized carbons (Fsp3) is 0.222. The van der Waals surface area contributed by atoms with Gasteiger partial charge in [-0.05, 0) is 36.8 Å². The van der Waals surface area contributed by atoms with E-state index in [1.165, 1.54) is 29.5 Å². The molecule has 128 valence electrons. The highest BCUT2D eigenvalue weighted by atomic mass is 32.1. The average molecular weight is 356 g/mol. The number of carbonyl (C=O) groups excluding carboxylic acids is 1. The van der Waals surface area contributed by atoms with Crippen molar-refractivity contribution < 1.29 is 9.18 Å². The molecule has 1 amide bonds. The molecule has 0 spiro atoms. The minimum Gasteiger partial charge on any atom is -0.283 e. The van der Waals surface area contributed by atoms with Crippen LogP contribution in [0, 0.1) is 5.82 Å². The molecule has 0 fully saturated rings. The molecule has 0 saturated carbocycles. The highest BCUT2D eigenvalue weighted by Gasteiger charge is 2.22. The number of rotatable bonds is 6. The average Bonchev–Trinajstić information content (AvgIpc) is 3.12. The van der Waals surface area contributed by atoms with Crippen molar-refractivity contribution in [3.8, 4) is 10.6 Å². The lowest BCUT2D eigenvalue weighted by molar-refractivity contribution is 0.0986. The van der Waals surface area contributed by atoms with Crippen LogP contribution in [0.3, 0.4) is 0 Å². The molecule has 5 nitrogen and oxygen atoms in total. The number of carbonyl (C=O) groups is 1. The topological polar surface area (TPSA) is 59.0 Å². The van der Waals surface area contributed by atoms with Crippen molar-refractivity contribution in [2.45, 2.75) is 19.8 Å². The Hall–Kier alpha value is -2.67. The number of hydrogen-bond donors (Lipinski definition) is 0. The molecule has 0 atom stereocenters. The molecular formula is C18H17FN4OS. The smallest absolute Gasteiger partial charge is 0.260 e. The van der Waals surface area contributed by atoms with Crippen molar-refractivity contribution in [1.29, 1.82) is 0 Å². The first-order valence-corrected chi connectivity index (χ1v) is 8.82. The molecule has 7 heteroatoms. The third-order valence-corrected chi connectivity index (χ3v) is 4.62. The van der Waals surface area contributed by atoms with E-state index in [0.29, 0.717) is 22.2 Å². The zero-order chi connectivity index (χ0) is 17.6. The molecule has 0 N–H and O–H groups in total. The zero-order valence-corrected chi connectivity index (χ0v) is 14.5. The van der Waals surface area contributed by atoms with E-state index in [1.807, 2.05) is 19.1 Å². The van der Waals surface area contributed by atoms with E-state index in [1.54, 1.807) is 23.4 Å². The predicted molar refractivity (Wildman–Crippen MR) is 96.1 cm³/mol. The molecule has 1 aromatic carbocycles. The molecule has 0 aliphatic carbocycles. The Morgan fingerprint density at radius 3 is 2.72 bits per heavy atom. The maximum atomic E-state index is 13.5. The van der Waals surface area contributed by atoms with Gasteiger partial charge in [0.1, 0.15) is 10.8 Å². The van der Waals surface area contributed by atoms with Crippen molar-refractivity contribution in [2.24, 2.45) is 0 Å². The molecule has 2 heterocycles. The molecule has 0 aliphatic heterocycles. The van der Waals surface area contributed by atoms with E-state index in [9.17, 15) is 9.18 Å². The number of halogens is 1. The number of benzene rings is 1. The number of unbranched alkanes of at least 4 members (excludes halogenated alkanes) is 1. The van der Waals surface area contributed by atoms with Gasteiger partial charge in [0.05, 0.1) is 0 Å². The molecular weight excluding hydrogens is 339 g/mol.